The zero-order chi connectivity index (χ0) is 17.9. The Balaban J connectivity index is 1.51. The maximum atomic E-state index is 11.9. The van der Waals surface area contributed by atoms with Crippen LogP contribution in [0.2, 0.25) is 5.02 Å². The van der Waals surface area contributed by atoms with E-state index in [-0.39, 0.29) is 5.60 Å². The third kappa shape index (κ3) is 2.56. The molecule has 4 nitrogen and oxygen atoms in total. The number of amides is 1. The highest BCUT2D eigenvalue weighted by Gasteiger charge is 2.53. The first-order valence-electron chi connectivity index (χ1n) is 10.1. The van der Waals surface area contributed by atoms with Crippen molar-refractivity contribution >= 4 is 17.5 Å². The molecule has 4 fully saturated rings. The number of rotatable bonds is 2. The molecule has 0 aromatic heterocycles. The number of benzene rings is 1. The number of nitrogens with zero attached hydrogens (tertiary/aromatic N) is 1. The maximum Gasteiger partial charge on any atom is 0.252 e. The minimum absolute atomic E-state index is 0.168. The van der Waals surface area contributed by atoms with E-state index in [1.165, 1.54) is 51.7 Å². The Kier molecular flexibility index (Phi) is 3.98. The summed E-state index contributed by atoms with van der Waals surface area (Å²) >= 11 is 6.27. The number of ether oxygens (including phenoxy) is 1. The van der Waals surface area contributed by atoms with Crippen LogP contribution >= 0.6 is 11.6 Å². The third-order valence-corrected chi connectivity index (χ3v) is 7.67. The smallest absolute Gasteiger partial charge is 0.252 e. The van der Waals surface area contributed by atoms with Crippen LogP contribution < -0.4 is 10.5 Å². The van der Waals surface area contributed by atoms with E-state index in [4.69, 9.17) is 22.1 Å². The summed E-state index contributed by atoms with van der Waals surface area (Å²) in [4.78, 5) is 14.6. The summed E-state index contributed by atoms with van der Waals surface area (Å²) in [5.41, 5.74) is 6.96. The Morgan fingerprint density at radius 1 is 1.23 bits per heavy atom. The molecule has 26 heavy (non-hydrogen) atoms. The highest BCUT2D eigenvalue weighted by Crippen LogP contribution is 2.53. The Bertz CT molecular complexity index is 744. The quantitative estimate of drug-likeness (QED) is 0.859. The van der Waals surface area contributed by atoms with Crippen molar-refractivity contribution in [2.24, 2.45) is 23.5 Å². The molecule has 140 valence electrons. The molecule has 1 saturated carbocycles. The topological polar surface area (TPSA) is 55.6 Å². The number of hydrogen-bond donors (Lipinski definition) is 1. The van der Waals surface area contributed by atoms with E-state index in [0.717, 1.165) is 30.2 Å². The van der Waals surface area contributed by atoms with Crippen LogP contribution in [0.5, 0.6) is 5.75 Å². The fourth-order valence-electron chi connectivity index (χ4n) is 6.30. The van der Waals surface area contributed by atoms with E-state index in [2.05, 4.69) is 4.90 Å². The van der Waals surface area contributed by atoms with Crippen molar-refractivity contribution in [3.05, 3.63) is 28.3 Å². The molecule has 1 spiro atoms. The van der Waals surface area contributed by atoms with Crippen molar-refractivity contribution in [3.63, 3.8) is 0 Å². The number of carbonyl (C=O) groups is 1. The van der Waals surface area contributed by atoms with Gasteiger partial charge < -0.3 is 15.4 Å². The number of nitrogens with two attached hydrogens (primary N) is 1. The Hall–Kier alpha value is -1.26. The molecule has 6 rings (SSSR count). The summed E-state index contributed by atoms with van der Waals surface area (Å²) in [6.45, 7) is 3.76. The molecule has 3 atom stereocenters. The second-order valence-electron chi connectivity index (χ2n) is 8.80. The van der Waals surface area contributed by atoms with Crippen molar-refractivity contribution < 1.29 is 9.53 Å². The average molecular weight is 375 g/mol. The van der Waals surface area contributed by atoms with Gasteiger partial charge in [0.05, 0.1) is 5.56 Å². The lowest BCUT2D eigenvalue weighted by Crippen LogP contribution is -2.57. The van der Waals surface area contributed by atoms with Gasteiger partial charge >= 0.3 is 0 Å². The van der Waals surface area contributed by atoms with E-state index >= 15 is 0 Å². The Labute approximate surface area is 160 Å². The highest BCUT2D eigenvalue weighted by molar-refractivity contribution is 6.31. The second kappa shape index (κ2) is 6.13. The number of hydrogen-bond acceptors (Lipinski definition) is 3. The molecular formula is C21H27ClN2O2. The summed E-state index contributed by atoms with van der Waals surface area (Å²) in [5.74, 6) is 2.38. The highest BCUT2D eigenvalue weighted by atomic mass is 35.5. The summed E-state index contributed by atoms with van der Waals surface area (Å²) in [6.07, 6.45) is 8.35. The van der Waals surface area contributed by atoms with Gasteiger partial charge in [0.2, 0.25) is 0 Å². The molecule has 1 aromatic carbocycles. The molecule has 3 saturated heterocycles. The Morgan fingerprint density at radius 3 is 2.73 bits per heavy atom. The summed E-state index contributed by atoms with van der Waals surface area (Å²) in [6, 6.07) is 3.63. The lowest BCUT2D eigenvalue weighted by atomic mass is 9.61. The molecule has 5 heteroatoms. The monoisotopic (exact) mass is 374 g/mol. The molecule has 5 aliphatic rings. The lowest BCUT2D eigenvalue weighted by Gasteiger charge is -2.53. The van der Waals surface area contributed by atoms with Crippen LogP contribution in [0.15, 0.2) is 12.1 Å². The van der Waals surface area contributed by atoms with Crippen LogP contribution in [0, 0.1) is 17.8 Å². The van der Waals surface area contributed by atoms with Gasteiger partial charge in [-0.3, -0.25) is 4.79 Å². The minimum atomic E-state index is -0.448. The molecule has 0 radical (unpaired) electrons. The average Bonchev–Trinajstić information content (AvgIpc) is 3.00. The van der Waals surface area contributed by atoms with Gasteiger partial charge in [-0.15, -0.1) is 0 Å². The molecule has 2 N–H and O–H groups in total. The van der Waals surface area contributed by atoms with Gasteiger partial charge in [-0.1, -0.05) is 18.0 Å². The van der Waals surface area contributed by atoms with Crippen molar-refractivity contribution in [1.82, 2.24) is 4.90 Å². The van der Waals surface area contributed by atoms with Crippen LogP contribution in [-0.4, -0.2) is 36.0 Å². The molecule has 1 aromatic rings. The van der Waals surface area contributed by atoms with Crippen molar-refractivity contribution in [2.45, 2.75) is 50.5 Å². The predicted molar refractivity (Wildman–Crippen MR) is 102 cm³/mol. The number of fused-ring (bicyclic) bond motifs is 4. The van der Waals surface area contributed by atoms with Gasteiger partial charge in [0.15, 0.2) is 0 Å². The van der Waals surface area contributed by atoms with Crippen LogP contribution in [0.4, 0.5) is 0 Å². The van der Waals surface area contributed by atoms with E-state index in [1.807, 2.05) is 6.07 Å². The molecular weight excluding hydrogens is 348 g/mol. The summed E-state index contributed by atoms with van der Waals surface area (Å²) in [5, 5.41) is 0.577. The largest absolute Gasteiger partial charge is 0.486 e. The van der Waals surface area contributed by atoms with Gasteiger partial charge in [0.1, 0.15) is 11.4 Å². The van der Waals surface area contributed by atoms with Crippen LogP contribution in [0.3, 0.4) is 0 Å². The predicted octanol–water partition coefficient (Wildman–Crippen LogP) is 3.64. The van der Waals surface area contributed by atoms with Crippen LogP contribution in [0.25, 0.3) is 0 Å². The van der Waals surface area contributed by atoms with E-state index < -0.39 is 5.91 Å². The Morgan fingerprint density at radius 2 is 2.04 bits per heavy atom. The second-order valence-corrected chi connectivity index (χ2v) is 9.24. The maximum absolute atomic E-state index is 11.9. The molecule has 1 amide bonds. The number of piperidine rings is 3. The van der Waals surface area contributed by atoms with Gasteiger partial charge in [-0.05, 0) is 69.2 Å². The summed E-state index contributed by atoms with van der Waals surface area (Å²) < 4.78 is 6.68. The minimum Gasteiger partial charge on any atom is -0.486 e. The van der Waals surface area contributed by atoms with E-state index in [0.29, 0.717) is 22.3 Å². The van der Waals surface area contributed by atoms with Crippen molar-refractivity contribution in [3.8, 4) is 5.75 Å². The fraction of sp³-hybridized carbons (Fsp3) is 0.667. The normalized spacial score (nSPS) is 38.2. The van der Waals surface area contributed by atoms with Crippen molar-refractivity contribution in [2.75, 3.05) is 19.6 Å². The molecule has 1 aliphatic carbocycles. The molecule has 2 unspecified atom stereocenters. The van der Waals surface area contributed by atoms with E-state index in [1.54, 1.807) is 6.07 Å². The standard InChI is InChI=1S/C21H27ClN2O2/c22-15-9-14-11-21(26-19(14)16(10-15)20(23)25)6-2-1-3-18(21)17-12-24-7-4-13(17)5-8-24/h9-10,13,17-18H,1-8,11-12H2,(H2,23,25)/t17?,18?,21-/m0/s1. The van der Waals surface area contributed by atoms with Gasteiger partial charge in [-0.25, -0.2) is 0 Å². The summed E-state index contributed by atoms with van der Waals surface area (Å²) in [7, 11) is 0. The molecule has 4 aliphatic heterocycles. The van der Waals surface area contributed by atoms with Crippen molar-refractivity contribution in [1.29, 1.82) is 0 Å². The van der Waals surface area contributed by atoms with Gasteiger partial charge in [0, 0.05) is 29.5 Å². The van der Waals surface area contributed by atoms with Crippen LogP contribution in [0.1, 0.15) is 54.4 Å². The number of halogens is 1. The lowest BCUT2D eigenvalue weighted by molar-refractivity contribution is -0.0822. The third-order valence-electron chi connectivity index (χ3n) is 7.46. The number of carbonyl (C=O) groups excluding carboxylic acids is 1. The number of primary amides is 1. The van der Waals surface area contributed by atoms with Crippen LogP contribution in [-0.2, 0) is 6.42 Å². The van der Waals surface area contributed by atoms with Gasteiger partial charge in [-0.2, -0.15) is 0 Å². The van der Waals surface area contributed by atoms with E-state index in [9.17, 15) is 4.79 Å². The zero-order valence-corrected chi connectivity index (χ0v) is 15.9. The SMILES string of the molecule is NC(=O)c1cc(Cl)cc2c1O[C@@]1(CCCCC1C1CN3CCC1CC3)C2. The zero-order valence-electron chi connectivity index (χ0n) is 15.2. The fourth-order valence-corrected chi connectivity index (χ4v) is 6.54. The molecule has 2 bridgehead atoms. The first-order valence-corrected chi connectivity index (χ1v) is 10.5. The first kappa shape index (κ1) is 16.9. The first-order chi connectivity index (χ1) is 12.6. The van der Waals surface area contributed by atoms with Gasteiger partial charge in [0.25, 0.3) is 5.91 Å². The molecule has 4 heterocycles.